The summed E-state index contributed by atoms with van der Waals surface area (Å²) in [5.41, 5.74) is 0. The highest BCUT2D eigenvalue weighted by Gasteiger charge is 2.29. The smallest absolute Gasteiger partial charge is 0.138 e. The molecule has 2 heterocycles. The minimum Gasteiger partial charge on any atom is -0.381 e. The molecule has 0 amide bonds. The number of hydrogen-bond donors (Lipinski definition) is 0. The van der Waals surface area contributed by atoms with E-state index in [1.165, 1.54) is 0 Å². The summed E-state index contributed by atoms with van der Waals surface area (Å²) in [6.07, 6.45) is 4.03. The molecule has 2 fully saturated rings. The third-order valence-electron chi connectivity index (χ3n) is 3.48. The summed E-state index contributed by atoms with van der Waals surface area (Å²) in [4.78, 5) is 11.9. The van der Waals surface area contributed by atoms with Crippen molar-refractivity contribution in [2.45, 2.75) is 38.7 Å². The molecule has 0 aromatic carbocycles. The summed E-state index contributed by atoms with van der Waals surface area (Å²) >= 11 is 0. The minimum atomic E-state index is 0.169. The highest BCUT2D eigenvalue weighted by atomic mass is 16.5. The Morgan fingerprint density at radius 2 is 2.07 bits per heavy atom. The van der Waals surface area contributed by atoms with E-state index < -0.39 is 0 Å². The molecule has 86 valence electrons. The van der Waals surface area contributed by atoms with Crippen LogP contribution in [0.15, 0.2) is 0 Å². The van der Waals surface area contributed by atoms with Crippen LogP contribution in [0.1, 0.15) is 32.6 Å². The topological polar surface area (TPSA) is 35.5 Å². The van der Waals surface area contributed by atoms with E-state index >= 15 is 0 Å². The van der Waals surface area contributed by atoms with E-state index in [2.05, 4.69) is 0 Å². The van der Waals surface area contributed by atoms with E-state index in [4.69, 9.17) is 9.47 Å². The maximum absolute atomic E-state index is 11.9. The summed E-state index contributed by atoms with van der Waals surface area (Å²) in [7, 11) is 0. The minimum absolute atomic E-state index is 0.169. The van der Waals surface area contributed by atoms with Gasteiger partial charge in [-0.25, -0.2) is 0 Å². The zero-order chi connectivity index (χ0) is 10.7. The quantitative estimate of drug-likeness (QED) is 0.715. The van der Waals surface area contributed by atoms with E-state index in [0.717, 1.165) is 38.9 Å². The molecule has 0 aliphatic carbocycles. The van der Waals surface area contributed by atoms with E-state index in [9.17, 15) is 4.79 Å². The zero-order valence-corrected chi connectivity index (χ0v) is 9.41. The van der Waals surface area contributed by atoms with Gasteiger partial charge in [-0.05, 0) is 32.1 Å². The molecule has 15 heavy (non-hydrogen) atoms. The van der Waals surface area contributed by atoms with Crippen molar-refractivity contribution in [1.82, 2.24) is 0 Å². The number of hydrogen-bond acceptors (Lipinski definition) is 3. The Bertz CT molecular complexity index is 221. The molecule has 2 unspecified atom stereocenters. The largest absolute Gasteiger partial charge is 0.381 e. The molecule has 0 radical (unpaired) electrons. The van der Waals surface area contributed by atoms with Gasteiger partial charge in [-0.2, -0.15) is 0 Å². The first kappa shape index (κ1) is 11.1. The van der Waals surface area contributed by atoms with Crippen LogP contribution in [-0.4, -0.2) is 31.7 Å². The first-order valence-electron chi connectivity index (χ1n) is 5.97. The van der Waals surface area contributed by atoms with E-state index in [1.807, 2.05) is 6.92 Å². The second kappa shape index (κ2) is 5.08. The lowest BCUT2D eigenvalue weighted by Gasteiger charge is -2.22. The van der Waals surface area contributed by atoms with Crippen molar-refractivity contribution >= 4 is 5.78 Å². The molecule has 2 atom stereocenters. The normalized spacial score (nSPS) is 33.1. The van der Waals surface area contributed by atoms with Crippen LogP contribution < -0.4 is 0 Å². The second-order valence-corrected chi connectivity index (χ2v) is 4.80. The van der Waals surface area contributed by atoms with Gasteiger partial charge in [0.25, 0.3) is 0 Å². The molecule has 0 saturated carbocycles. The Hall–Kier alpha value is -0.410. The fraction of sp³-hybridized carbons (Fsp3) is 0.917. The Morgan fingerprint density at radius 1 is 1.33 bits per heavy atom. The monoisotopic (exact) mass is 212 g/mol. The van der Waals surface area contributed by atoms with Crippen LogP contribution in [0.4, 0.5) is 0 Å². The second-order valence-electron chi connectivity index (χ2n) is 4.80. The average Bonchev–Trinajstić information content (AvgIpc) is 2.66. The van der Waals surface area contributed by atoms with Gasteiger partial charge < -0.3 is 9.47 Å². The third-order valence-corrected chi connectivity index (χ3v) is 3.48. The Morgan fingerprint density at radius 3 is 2.67 bits per heavy atom. The number of Topliss-reactive ketones (excluding diaryl/α,β-unsaturated/α-hetero) is 1. The van der Waals surface area contributed by atoms with Gasteiger partial charge in [0, 0.05) is 25.6 Å². The summed E-state index contributed by atoms with van der Waals surface area (Å²) < 4.78 is 10.7. The van der Waals surface area contributed by atoms with Gasteiger partial charge in [-0.15, -0.1) is 0 Å². The van der Waals surface area contributed by atoms with Crippen LogP contribution in [0.3, 0.4) is 0 Å². The van der Waals surface area contributed by atoms with Crippen molar-refractivity contribution in [3.8, 4) is 0 Å². The Labute approximate surface area is 91.1 Å². The third kappa shape index (κ3) is 3.02. The molecule has 2 aliphatic rings. The van der Waals surface area contributed by atoms with Crippen molar-refractivity contribution in [3.63, 3.8) is 0 Å². The zero-order valence-electron chi connectivity index (χ0n) is 9.41. The van der Waals surface area contributed by atoms with E-state index in [0.29, 0.717) is 18.3 Å². The predicted octanol–water partition coefficient (Wildman–Crippen LogP) is 1.80. The number of ether oxygens (including phenoxy) is 2. The highest BCUT2D eigenvalue weighted by molar-refractivity contribution is 5.81. The number of rotatable bonds is 3. The Kier molecular flexibility index (Phi) is 3.76. The lowest BCUT2D eigenvalue weighted by molar-refractivity contribution is -0.124. The molecular weight excluding hydrogens is 192 g/mol. The molecular formula is C12H20O3. The Balaban J connectivity index is 1.76. The average molecular weight is 212 g/mol. The molecule has 2 aliphatic heterocycles. The molecule has 3 nitrogen and oxygen atoms in total. The maximum Gasteiger partial charge on any atom is 0.138 e. The summed E-state index contributed by atoms with van der Waals surface area (Å²) in [6, 6.07) is 0. The fourth-order valence-electron chi connectivity index (χ4n) is 2.44. The molecule has 0 bridgehead atoms. The molecule has 2 rings (SSSR count). The van der Waals surface area contributed by atoms with Crippen LogP contribution in [0, 0.1) is 11.8 Å². The molecule has 0 aromatic rings. The number of carbonyl (C=O) groups excluding carboxylic acids is 1. The molecule has 0 spiro atoms. The first-order valence-corrected chi connectivity index (χ1v) is 5.97. The number of carbonyl (C=O) groups is 1. The lowest BCUT2D eigenvalue weighted by atomic mass is 9.89. The van der Waals surface area contributed by atoms with Crippen molar-refractivity contribution < 1.29 is 14.3 Å². The van der Waals surface area contributed by atoms with Crippen LogP contribution in [0.5, 0.6) is 0 Å². The summed E-state index contributed by atoms with van der Waals surface area (Å²) in [6.45, 7) is 4.34. The predicted molar refractivity (Wildman–Crippen MR) is 56.7 cm³/mol. The van der Waals surface area contributed by atoms with Gasteiger partial charge in [-0.1, -0.05) is 0 Å². The molecule has 0 aromatic heterocycles. The van der Waals surface area contributed by atoms with E-state index in [1.54, 1.807) is 0 Å². The van der Waals surface area contributed by atoms with Crippen LogP contribution >= 0.6 is 0 Å². The van der Waals surface area contributed by atoms with Crippen molar-refractivity contribution in [2.24, 2.45) is 11.8 Å². The van der Waals surface area contributed by atoms with Gasteiger partial charge in [-0.3, -0.25) is 4.79 Å². The molecule has 2 saturated heterocycles. The van der Waals surface area contributed by atoms with Crippen molar-refractivity contribution in [2.75, 3.05) is 19.8 Å². The van der Waals surface area contributed by atoms with Gasteiger partial charge in [0.15, 0.2) is 0 Å². The lowest BCUT2D eigenvalue weighted by Crippen LogP contribution is -2.23. The highest BCUT2D eigenvalue weighted by Crippen LogP contribution is 2.25. The summed E-state index contributed by atoms with van der Waals surface area (Å²) in [5.74, 6) is 1.14. The number of ketones is 1. The molecule has 3 heteroatoms. The van der Waals surface area contributed by atoms with Gasteiger partial charge in [0.05, 0.1) is 12.7 Å². The van der Waals surface area contributed by atoms with Gasteiger partial charge in [0.1, 0.15) is 5.78 Å². The van der Waals surface area contributed by atoms with E-state index in [-0.39, 0.29) is 12.0 Å². The van der Waals surface area contributed by atoms with Crippen molar-refractivity contribution in [1.29, 1.82) is 0 Å². The van der Waals surface area contributed by atoms with Crippen molar-refractivity contribution in [3.05, 3.63) is 0 Å². The maximum atomic E-state index is 11.9. The van der Waals surface area contributed by atoms with Gasteiger partial charge in [0.2, 0.25) is 0 Å². The fourth-order valence-corrected chi connectivity index (χ4v) is 2.44. The SMILES string of the molecule is CC1CC(C(=O)CC2CCOCC2)CO1. The summed E-state index contributed by atoms with van der Waals surface area (Å²) in [5, 5.41) is 0. The van der Waals surface area contributed by atoms with Crippen LogP contribution in [-0.2, 0) is 14.3 Å². The standard InChI is InChI=1S/C12H20O3/c1-9-6-11(8-15-9)12(13)7-10-2-4-14-5-3-10/h9-11H,2-8H2,1H3. The van der Waals surface area contributed by atoms with Crippen LogP contribution in [0.2, 0.25) is 0 Å². The first-order chi connectivity index (χ1) is 7.25. The van der Waals surface area contributed by atoms with Gasteiger partial charge >= 0.3 is 0 Å². The van der Waals surface area contributed by atoms with Crippen LogP contribution in [0.25, 0.3) is 0 Å². The molecule has 0 N–H and O–H groups in total.